The van der Waals surface area contributed by atoms with E-state index >= 15 is 0 Å². The maximum atomic E-state index is 5.85. The molecule has 0 heterocycles. The van der Waals surface area contributed by atoms with E-state index in [0.717, 1.165) is 24.0 Å². The van der Waals surface area contributed by atoms with Crippen LogP contribution in [0.1, 0.15) is 25.8 Å². The molecule has 96 valence electrons. The van der Waals surface area contributed by atoms with Crippen molar-refractivity contribution in [2.45, 2.75) is 32.9 Å². The third-order valence-corrected chi connectivity index (χ3v) is 3.51. The lowest BCUT2D eigenvalue weighted by atomic mass is 10.0. The minimum atomic E-state index is 0.471. The summed E-state index contributed by atoms with van der Waals surface area (Å²) in [7, 11) is 2.15. The molecule has 2 nitrogen and oxygen atoms in total. The zero-order valence-electron chi connectivity index (χ0n) is 11.0. The van der Waals surface area contributed by atoms with Gasteiger partial charge >= 0.3 is 0 Å². The van der Waals surface area contributed by atoms with E-state index in [1.807, 2.05) is 0 Å². The molecule has 1 atom stereocenters. The van der Waals surface area contributed by atoms with Gasteiger partial charge in [-0.15, -0.1) is 0 Å². The zero-order chi connectivity index (χ0) is 12.8. The Labute approximate surface area is 113 Å². The number of hydrogen-bond donors (Lipinski definition) is 1. The highest BCUT2D eigenvalue weighted by molar-refractivity contribution is 9.10. The van der Waals surface area contributed by atoms with Gasteiger partial charge in [-0.1, -0.05) is 41.9 Å². The molecule has 0 saturated heterocycles. The third-order valence-electron chi connectivity index (χ3n) is 2.98. The first-order valence-corrected chi connectivity index (χ1v) is 6.97. The smallest absolute Gasteiger partial charge is 0.0234 e. The molecule has 0 radical (unpaired) electrons. The van der Waals surface area contributed by atoms with E-state index in [-0.39, 0.29) is 0 Å². The van der Waals surface area contributed by atoms with Crippen molar-refractivity contribution in [1.29, 1.82) is 0 Å². The molecule has 2 N–H and O–H groups in total. The van der Waals surface area contributed by atoms with Gasteiger partial charge in [-0.3, -0.25) is 4.90 Å². The van der Waals surface area contributed by atoms with Crippen molar-refractivity contribution in [2.24, 2.45) is 11.7 Å². The third kappa shape index (κ3) is 5.19. The Morgan fingerprint density at radius 1 is 1.24 bits per heavy atom. The highest BCUT2D eigenvalue weighted by Gasteiger charge is 2.14. The standard InChI is InChI=1S/C14H23BrN2/c1-11(2)8-14(9-16)17(3)10-12-4-6-13(15)7-5-12/h4-7,11,14H,8-10,16H2,1-3H3. The second kappa shape index (κ2) is 7.14. The van der Waals surface area contributed by atoms with Gasteiger partial charge in [0, 0.05) is 23.6 Å². The Bertz CT molecular complexity index is 321. The van der Waals surface area contributed by atoms with Crippen LogP contribution in [-0.2, 0) is 6.54 Å². The predicted octanol–water partition coefficient (Wildman–Crippen LogP) is 3.25. The van der Waals surface area contributed by atoms with Gasteiger partial charge in [0.15, 0.2) is 0 Å². The van der Waals surface area contributed by atoms with Crippen molar-refractivity contribution in [2.75, 3.05) is 13.6 Å². The number of nitrogens with zero attached hydrogens (tertiary/aromatic N) is 1. The summed E-state index contributed by atoms with van der Waals surface area (Å²) in [5.74, 6) is 0.691. The Kier molecular flexibility index (Phi) is 6.17. The maximum absolute atomic E-state index is 5.85. The van der Waals surface area contributed by atoms with E-state index in [0.29, 0.717) is 12.0 Å². The van der Waals surface area contributed by atoms with Crippen LogP contribution in [0, 0.1) is 5.92 Å². The Morgan fingerprint density at radius 3 is 2.29 bits per heavy atom. The van der Waals surface area contributed by atoms with Crippen molar-refractivity contribution in [1.82, 2.24) is 4.90 Å². The van der Waals surface area contributed by atoms with Gasteiger partial charge in [0.05, 0.1) is 0 Å². The van der Waals surface area contributed by atoms with Crippen LogP contribution in [0.25, 0.3) is 0 Å². The molecule has 17 heavy (non-hydrogen) atoms. The van der Waals surface area contributed by atoms with Crippen LogP contribution in [0.2, 0.25) is 0 Å². The molecule has 0 aromatic heterocycles. The van der Waals surface area contributed by atoms with Crippen LogP contribution >= 0.6 is 15.9 Å². The summed E-state index contributed by atoms with van der Waals surface area (Å²) in [5.41, 5.74) is 7.18. The number of nitrogens with two attached hydrogens (primary N) is 1. The molecule has 0 amide bonds. The van der Waals surface area contributed by atoms with Crippen LogP contribution in [0.4, 0.5) is 0 Å². The van der Waals surface area contributed by atoms with Crippen molar-refractivity contribution in [3.63, 3.8) is 0 Å². The van der Waals surface area contributed by atoms with E-state index < -0.39 is 0 Å². The van der Waals surface area contributed by atoms with Gasteiger partial charge in [-0.25, -0.2) is 0 Å². The van der Waals surface area contributed by atoms with Crippen molar-refractivity contribution in [3.05, 3.63) is 34.3 Å². The van der Waals surface area contributed by atoms with E-state index in [4.69, 9.17) is 5.73 Å². The summed E-state index contributed by atoms with van der Waals surface area (Å²) in [6.07, 6.45) is 1.16. The number of hydrogen-bond acceptors (Lipinski definition) is 2. The fourth-order valence-corrected chi connectivity index (χ4v) is 2.27. The molecule has 0 aliphatic heterocycles. The zero-order valence-corrected chi connectivity index (χ0v) is 12.6. The Balaban J connectivity index is 2.57. The van der Waals surface area contributed by atoms with Crippen LogP contribution in [0.5, 0.6) is 0 Å². The molecular formula is C14H23BrN2. The lowest BCUT2D eigenvalue weighted by Gasteiger charge is -2.28. The first kappa shape index (κ1) is 14.7. The maximum Gasteiger partial charge on any atom is 0.0234 e. The lowest BCUT2D eigenvalue weighted by Crippen LogP contribution is -2.38. The summed E-state index contributed by atoms with van der Waals surface area (Å²) in [4.78, 5) is 2.35. The first-order valence-electron chi connectivity index (χ1n) is 6.17. The first-order chi connectivity index (χ1) is 8.02. The minimum absolute atomic E-state index is 0.471. The highest BCUT2D eigenvalue weighted by Crippen LogP contribution is 2.15. The summed E-state index contributed by atoms with van der Waals surface area (Å²) in [6.45, 7) is 6.18. The van der Waals surface area contributed by atoms with E-state index in [1.165, 1.54) is 5.56 Å². The van der Waals surface area contributed by atoms with Crippen molar-refractivity contribution < 1.29 is 0 Å². The fraction of sp³-hybridized carbons (Fsp3) is 0.571. The largest absolute Gasteiger partial charge is 0.329 e. The highest BCUT2D eigenvalue weighted by atomic mass is 79.9. The van der Waals surface area contributed by atoms with Crippen molar-refractivity contribution in [3.8, 4) is 0 Å². The normalized spacial score (nSPS) is 13.4. The van der Waals surface area contributed by atoms with Gasteiger partial charge in [0.25, 0.3) is 0 Å². The molecule has 0 aliphatic rings. The average Bonchev–Trinajstić information content (AvgIpc) is 2.28. The summed E-state index contributed by atoms with van der Waals surface area (Å²) >= 11 is 3.45. The number of benzene rings is 1. The van der Waals surface area contributed by atoms with E-state index in [9.17, 15) is 0 Å². The molecule has 1 aromatic rings. The predicted molar refractivity (Wildman–Crippen MR) is 77.9 cm³/mol. The second-order valence-electron chi connectivity index (χ2n) is 5.06. The summed E-state index contributed by atoms with van der Waals surface area (Å²) < 4.78 is 1.13. The quantitative estimate of drug-likeness (QED) is 0.873. The summed E-state index contributed by atoms with van der Waals surface area (Å²) in [6, 6.07) is 8.96. The van der Waals surface area contributed by atoms with Gasteiger partial charge < -0.3 is 5.73 Å². The van der Waals surface area contributed by atoms with Crippen LogP contribution in [0.3, 0.4) is 0 Å². The topological polar surface area (TPSA) is 29.3 Å². The molecule has 0 saturated carbocycles. The van der Waals surface area contributed by atoms with Crippen LogP contribution in [-0.4, -0.2) is 24.5 Å². The molecule has 1 rings (SSSR count). The number of halogens is 1. The van der Waals surface area contributed by atoms with Crippen LogP contribution in [0.15, 0.2) is 28.7 Å². The molecule has 1 aromatic carbocycles. The average molecular weight is 299 g/mol. The van der Waals surface area contributed by atoms with E-state index in [2.05, 4.69) is 66.0 Å². The van der Waals surface area contributed by atoms with Gasteiger partial charge in [-0.05, 0) is 37.1 Å². The SMILES string of the molecule is CC(C)CC(CN)N(C)Cc1ccc(Br)cc1. The summed E-state index contributed by atoms with van der Waals surface area (Å²) in [5, 5.41) is 0. The Hall–Kier alpha value is -0.380. The monoisotopic (exact) mass is 298 g/mol. The molecular weight excluding hydrogens is 276 g/mol. The van der Waals surface area contributed by atoms with Gasteiger partial charge in [0.2, 0.25) is 0 Å². The molecule has 0 aliphatic carbocycles. The second-order valence-corrected chi connectivity index (χ2v) is 5.98. The Morgan fingerprint density at radius 2 is 1.82 bits per heavy atom. The molecule has 0 fully saturated rings. The molecule has 0 spiro atoms. The minimum Gasteiger partial charge on any atom is -0.329 e. The van der Waals surface area contributed by atoms with E-state index in [1.54, 1.807) is 0 Å². The molecule has 3 heteroatoms. The fourth-order valence-electron chi connectivity index (χ4n) is 2.01. The van der Waals surface area contributed by atoms with Gasteiger partial charge in [0.1, 0.15) is 0 Å². The van der Waals surface area contributed by atoms with Crippen molar-refractivity contribution >= 4 is 15.9 Å². The number of likely N-dealkylation sites (N-methyl/N-ethyl adjacent to an activating group) is 1. The lowest BCUT2D eigenvalue weighted by molar-refractivity contribution is 0.210. The molecule has 0 bridgehead atoms. The number of rotatable bonds is 6. The van der Waals surface area contributed by atoms with Gasteiger partial charge in [-0.2, -0.15) is 0 Å². The molecule has 1 unspecified atom stereocenters. The van der Waals surface area contributed by atoms with Crippen LogP contribution < -0.4 is 5.73 Å².